The van der Waals surface area contributed by atoms with Gasteiger partial charge in [-0.1, -0.05) is 6.07 Å². The van der Waals surface area contributed by atoms with Crippen LogP contribution >= 0.6 is 15.9 Å². The molecule has 0 unspecified atom stereocenters. The van der Waals surface area contributed by atoms with E-state index in [4.69, 9.17) is 5.73 Å². The van der Waals surface area contributed by atoms with Crippen LogP contribution in [0.1, 0.15) is 5.56 Å². The molecule has 2 aromatic rings. The Hall–Kier alpha value is -2.22. The van der Waals surface area contributed by atoms with Crippen LogP contribution in [0.5, 0.6) is 0 Å². The highest BCUT2D eigenvalue weighted by molar-refractivity contribution is 9.10. The maximum absolute atomic E-state index is 11.0. The van der Waals surface area contributed by atoms with Crippen LogP contribution in [0.25, 0.3) is 0 Å². The van der Waals surface area contributed by atoms with E-state index in [1.807, 2.05) is 19.1 Å². The van der Waals surface area contributed by atoms with Crippen molar-refractivity contribution in [1.29, 1.82) is 0 Å². The van der Waals surface area contributed by atoms with E-state index in [1.165, 1.54) is 6.33 Å². The van der Waals surface area contributed by atoms with E-state index in [9.17, 15) is 10.1 Å². The van der Waals surface area contributed by atoms with Gasteiger partial charge in [0.25, 0.3) is 0 Å². The lowest BCUT2D eigenvalue weighted by atomic mass is 10.2. The molecule has 8 heteroatoms. The molecule has 0 spiro atoms. The van der Waals surface area contributed by atoms with Gasteiger partial charge in [0.05, 0.1) is 10.6 Å². The lowest BCUT2D eigenvalue weighted by molar-refractivity contribution is -0.383. The summed E-state index contributed by atoms with van der Waals surface area (Å²) < 4.78 is 0.777. The Balaban J connectivity index is 2.44. The minimum atomic E-state index is -0.611. The number of nitro groups is 1. The summed E-state index contributed by atoms with van der Waals surface area (Å²) in [6.45, 7) is 1.94. The molecule has 19 heavy (non-hydrogen) atoms. The van der Waals surface area contributed by atoms with E-state index in [0.717, 1.165) is 10.0 Å². The van der Waals surface area contributed by atoms with Crippen LogP contribution in [-0.2, 0) is 0 Å². The summed E-state index contributed by atoms with van der Waals surface area (Å²) in [5.41, 5.74) is 6.88. The van der Waals surface area contributed by atoms with Crippen LogP contribution in [0.4, 0.5) is 23.0 Å². The van der Waals surface area contributed by atoms with Gasteiger partial charge in [-0.2, -0.15) is 0 Å². The highest BCUT2D eigenvalue weighted by Gasteiger charge is 2.21. The normalized spacial score (nSPS) is 10.2. The van der Waals surface area contributed by atoms with Crippen LogP contribution in [0.2, 0.25) is 0 Å². The standard InChI is InChI=1S/C11H10BrN5O2/c1-6-2-3-8(7(12)4-6)16-11-9(17(18)19)10(13)14-5-15-11/h2-5H,1H3,(H3,13,14,15,16). The SMILES string of the molecule is Cc1ccc(Nc2ncnc(N)c2[N+](=O)[O-])c(Br)c1. The third-order valence-corrected chi connectivity index (χ3v) is 3.07. The maximum atomic E-state index is 11.0. The summed E-state index contributed by atoms with van der Waals surface area (Å²) in [7, 11) is 0. The Morgan fingerprint density at radius 1 is 1.42 bits per heavy atom. The molecular weight excluding hydrogens is 314 g/mol. The quantitative estimate of drug-likeness (QED) is 0.664. The van der Waals surface area contributed by atoms with Crippen LogP contribution in [0.15, 0.2) is 29.0 Å². The summed E-state index contributed by atoms with van der Waals surface area (Å²) >= 11 is 3.38. The van der Waals surface area contributed by atoms with E-state index in [-0.39, 0.29) is 17.3 Å². The van der Waals surface area contributed by atoms with Gasteiger partial charge >= 0.3 is 5.69 Å². The Kier molecular flexibility index (Phi) is 3.61. The van der Waals surface area contributed by atoms with Crippen molar-refractivity contribution < 1.29 is 4.92 Å². The van der Waals surface area contributed by atoms with Gasteiger partial charge in [0.15, 0.2) is 0 Å². The average molecular weight is 324 g/mol. The first-order valence-corrected chi connectivity index (χ1v) is 6.06. The van der Waals surface area contributed by atoms with Gasteiger partial charge in [0.1, 0.15) is 6.33 Å². The fourth-order valence-corrected chi connectivity index (χ4v) is 2.11. The Morgan fingerprint density at radius 3 is 2.79 bits per heavy atom. The summed E-state index contributed by atoms with van der Waals surface area (Å²) in [5, 5.41) is 13.8. The number of nitrogens with two attached hydrogens (primary N) is 1. The molecule has 1 aromatic heterocycles. The van der Waals surface area contributed by atoms with Gasteiger partial charge in [0.2, 0.25) is 11.6 Å². The van der Waals surface area contributed by atoms with Crippen LogP contribution in [0.3, 0.4) is 0 Å². The molecular formula is C11H10BrN5O2. The zero-order valence-corrected chi connectivity index (χ0v) is 11.5. The van der Waals surface area contributed by atoms with Gasteiger partial charge in [0, 0.05) is 4.47 Å². The van der Waals surface area contributed by atoms with Gasteiger partial charge < -0.3 is 11.1 Å². The third-order valence-electron chi connectivity index (χ3n) is 2.41. The van der Waals surface area contributed by atoms with Gasteiger partial charge in [-0.05, 0) is 40.5 Å². The number of aromatic nitrogens is 2. The molecule has 0 bridgehead atoms. The highest BCUT2D eigenvalue weighted by atomic mass is 79.9. The summed E-state index contributed by atoms with van der Waals surface area (Å²) in [6.07, 6.45) is 1.17. The number of halogens is 1. The molecule has 2 rings (SSSR count). The number of nitrogens with zero attached hydrogens (tertiary/aromatic N) is 3. The van der Waals surface area contributed by atoms with Gasteiger partial charge in [-0.25, -0.2) is 9.97 Å². The zero-order chi connectivity index (χ0) is 14.0. The molecule has 0 radical (unpaired) electrons. The molecule has 0 saturated carbocycles. The molecule has 3 N–H and O–H groups in total. The van der Waals surface area contributed by atoms with Crippen LogP contribution in [0, 0.1) is 17.0 Å². The minimum Gasteiger partial charge on any atom is -0.378 e. The van der Waals surface area contributed by atoms with Gasteiger partial charge in [-0.15, -0.1) is 0 Å². The Bertz CT molecular complexity index is 647. The maximum Gasteiger partial charge on any atom is 0.353 e. The van der Waals surface area contributed by atoms with Crippen molar-refractivity contribution in [3.05, 3.63) is 44.7 Å². The minimum absolute atomic E-state index is 0.0575. The number of rotatable bonds is 3. The van der Waals surface area contributed by atoms with E-state index in [0.29, 0.717) is 5.69 Å². The number of nitrogen functional groups attached to an aromatic ring is 1. The first-order valence-electron chi connectivity index (χ1n) is 5.27. The first kappa shape index (κ1) is 13.2. The monoisotopic (exact) mass is 323 g/mol. The van der Waals surface area contributed by atoms with Crippen molar-refractivity contribution >= 4 is 38.9 Å². The number of hydrogen-bond acceptors (Lipinski definition) is 6. The molecule has 0 saturated heterocycles. The van der Waals surface area contributed by atoms with E-state index in [2.05, 4.69) is 31.2 Å². The Morgan fingerprint density at radius 2 is 2.16 bits per heavy atom. The van der Waals surface area contributed by atoms with E-state index in [1.54, 1.807) is 6.07 Å². The average Bonchev–Trinajstić information content (AvgIpc) is 2.32. The van der Waals surface area contributed by atoms with Crippen molar-refractivity contribution in [2.24, 2.45) is 0 Å². The fraction of sp³-hybridized carbons (Fsp3) is 0.0909. The van der Waals surface area contributed by atoms with Crippen molar-refractivity contribution in [3.63, 3.8) is 0 Å². The predicted molar refractivity (Wildman–Crippen MR) is 75.3 cm³/mol. The molecule has 0 aliphatic rings. The molecule has 1 heterocycles. The van der Waals surface area contributed by atoms with Crippen molar-refractivity contribution in [2.45, 2.75) is 6.92 Å². The molecule has 1 aromatic carbocycles. The summed E-state index contributed by atoms with van der Waals surface area (Å²) in [5.74, 6) is -0.118. The topological polar surface area (TPSA) is 107 Å². The molecule has 98 valence electrons. The zero-order valence-electron chi connectivity index (χ0n) is 9.92. The van der Waals surface area contributed by atoms with Crippen LogP contribution in [-0.4, -0.2) is 14.9 Å². The van der Waals surface area contributed by atoms with Crippen molar-refractivity contribution in [1.82, 2.24) is 9.97 Å². The largest absolute Gasteiger partial charge is 0.378 e. The summed E-state index contributed by atoms with van der Waals surface area (Å²) in [4.78, 5) is 17.8. The molecule has 0 atom stereocenters. The molecule has 0 fully saturated rings. The van der Waals surface area contributed by atoms with Gasteiger partial charge in [-0.3, -0.25) is 10.1 Å². The fourth-order valence-electron chi connectivity index (χ4n) is 1.51. The van der Waals surface area contributed by atoms with Crippen molar-refractivity contribution in [2.75, 3.05) is 11.1 Å². The number of benzene rings is 1. The second-order valence-corrected chi connectivity index (χ2v) is 4.68. The highest BCUT2D eigenvalue weighted by Crippen LogP contribution is 2.32. The molecule has 7 nitrogen and oxygen atoms in total. The predicted octanol–water partition coefficient (Wildman–Crippen LogP) is 2.78. The van der Waals surface area contributed by atoms with Crippen molar-refractivity contribution in [3.8, 4) is 0 Å². The number of aryl methyl sites for hydroxylation is 1. The molecule has 0 aliphatic carbocycles. The number of hydrogen-bond donors (Lipinski definition) is 2. The molecule has 0 amide bonds. The summed E-state index contributed by atoms with van der Waals surface area (Å²) in [6, 6.07) is 5.56. The number of nitrogens with one attached hydrogen (secondary N) is 1. The smallest absolute Gasteiger partial charge is 0.353 e. The second-order valence-electron chi connectivity index (χ2n) is 3.82. The van der Waals surface area contributed by atoms with Crippen LogP contribution < -0.4 is 11.1 Å². The second kappa shape index (κ2) is 5.19. The lowest BCUT2D eigenvalue weighted by Crippen LogP contribution is -2.05. The third kappa shape index (κ3) is 2.79. The number of anilines is 3. The van der Waals surface area contributed by atoms with E-state index >= 15 is 0 Å². The lowest BCUT2D eigenvalue weighted by Gasteiger charge is -2.09. The Labute approximate surface area is 117 Å². The van der Waals surface area contributed by atoms with E-state index < -0.39 is 4.92 Å². The first-order chi connectivity index (χ1) is 8.99. The molecule has 0 aliphatic heterocycles.